The van der Waals surface area contributed by atoms with Gasteiger partial charge in [-0.25, -0.2) is 4.98 Å². The molecule has 0 aliphatic rings. The molecule has 19 heavy (non-hydrogen) atoms. The van der Waals surface area contributed by atoms with Gasteiger partial charge in [0, 0.05) is 17.1 Å². The Kier molecular flexibility index (Phi) is 5.23. The molecule has 0 aliphatic carbocycles. The maximum atomic E-state index is 11.6. The Morgan fingerprint density at radius 2 is 2.26 bits per heavy atom. The van der Waals surface area contributed by atoms with Gasteiger partial charge in [-0.05, 0) is 12.1 Å². The molecule has 0 bridgehead atoms. The molecule has 0 radical (unpaired) electrons. The monoisotopic (exact) mass is 296 g/mol. The van der Waals surface area contributed by atoms with Crippen molar-refractivity contribution < 1.29 is 4.79 Å². The second-order valence-electron chi connectivity index (χ2n) is 3.74. The van der Waals surface area contributed by atoms with E-state index in [-0.39, 0.29) is 5.91 Å². The van der Waals surface area contributed by atoms with Crippen molar-refractivity contribution in [1.29, 1.82) is 0 Å². The average molecular weight is 297 g/mol. The lowest BCUT2D eigenvalue weighted by Crippen LogP contribution is -2.23. The molecule has 1 aromatic heterocycles. The second kappa shape index (κ2) is 7.16. The summed E-state index contributed by atoms with van der Waals surface area (Å²) in [5.74, 6) is 1.31. The van der Waals surface area contributed by atoms with Crippen molar-refractivity contribution in [3.05, 3.63) is 41.4 Å². The number of rotatable bonds is 6. The lowest BCUT2D eigenvalue weighted by molar-refractivity contribution is -0.120. The van der Waals surface area contributed by atoms with Crippen molar-refractivity contribution in [3.63, 3.8) is 0 Å². The summed E-state index contributed by atoms with van der Waals surface area (Å²) in [5, 5.41) is 9.87. The van der Waals surface area contributed by atoms with Crippen molar-refractivity contribution >= 4 is 29.3 Å². The predicted octanol–water partition coefficient (Wildman–Crippen LogP) is 2.26. The van der Waals surface area contributed by atoms with Crippen LogP contribution in [0.1, 0.15) is 12.2 Å². The first-order valence-electron chi connectivity index (χ1n) is 5.74. The lowest BCUT2D eigenvalue weighted by atomic mass is 10.4. The topological polar surface area (TPSA) is 70.7 Å². The van der Waals surface area contributed by atoms with Gasteiger partial charge in [0.15, 0.2) is 0 Å². The third-order valence-electron chi connectivity index (χ3n) is 2.34. The number of hydrogen-bond acceptors (Lipinski definition) is 4. The maximum Gasteiger partial charge on any atom is 0.221 e. The minimum absolute atomic E-state index is 0.0176. The van der Waals surface area contributed by atoms with Gasteiger partial charge in [-0.15, -0.1) is 11.8 Å². The van der Waals surface area contributed by atoms with E-state index in [0.717, 1.165) is 9.92 Å². The molecule has 1 amide bonds. The normalized spacial score (nSPS) is 10.4. The highest BCUT2D eigenvalue weighted by molar-refractivity contribution is 7.99. The number of carbonyl (C=O) groups excluding carboxylic acids is 1. The Morgan fingerprint density at radius 1 is 1.42 bits per heavy atom. The van der Waals surface area contributed by atoms with Crippen molar-refractivity contribution in [3.8, 4) is 0 Å². The molecule has 0 saturated heterocycles. The van der Waals surface area contributed by atoms with Gasteiger partial charge in [-0.3, -0.25) is 9.89 Å². The van der Waals surface area contributed by atoms with E-state index < -0.39 is 0 Å². The van der Waals surface area contributed by atoms with Crippen LogP contribution in [0.2, 0.25) is 5.02 Å². The number of amides is 1. The van der Waals surface area contributed by atoms with Crippen molar-refractivity contribution in [2.24, 2.45) is 0 Å². The molecule has 0 aliphatic heterocycles. The van der Waals surface area contributed by atoms with Crippen LogP contribution >= 0.6 is 23.4 Å². The fourth-order valence-corrected chi connectivity index (χ4v) is 2.59. The molecule has 0 spiro atoms. The molecular weight excluding hydrogens is 284 g/mol. The summed E-state index contributed by atoms with van der Waals surface area (Å²) < 4.78 is 0. The first-order chi connectivity index (χ1) is 9.25. The maximum absolute atomic E-state index is 11.6. The van der Waals surface area contributed by atoms with E-state index in [0.29, 0.717) is 24.5 Å². The van der Waals surface area contributed by atoms with E-state index in [1.54, 1.807) is 11.8 Å². The largest absolute Gasteiger partial charge is 0.349 e. The van der Waals surface area contributed by atoms with Gasteiger partial charge in [0.25, 0.3) is 0 Å². The van der Waals surface area contributed by atoms with Gasteiger partial charge in [0.05, 0.1) is 11.6 Å². The summed E-state index contributed by atoms with van der Waals surface area (Å²) in [5.41, 5.74) is 0. The molecule has 1 heterocycles. The third kappa shape index (κ3) is 4.57. The highest BCUT2D eigenvalue weighted by Gasteiger charge is 2.04. The van der Waals surface area contributed by atoms with Crippen LogP contribution in [0.3, 0.4) is 0 Å². The van der Waals surface area contributed by atoms with Crippen LogP contribution in [0, 0.1) is 0 Å². The Balaban J connectivity index is 1.68. The molecule has 5 nitrogen and oxygen atoms in total. The van der Waals surface area contributed by atoms with Crippen LogP contribution in [0.15, 0.2) is 35.5 Å². The summed E-state index contributed by atoms with van der Waals surface area (Å²) in [6.07, 6.45) is 1.85. The number of hydrogen-bond donors (Lipinski definition) is 2. The zero-order chi connectivity index (χ0) is 13.5. The first-order valence-corrected chi connectivity index (χ1v) is 7.10. The minimum Gasteiger partial charge on any atom is -0.349 e. The summed E-state index contributed by atoms with van der Waals surface area (Å²) in [6, 6.07) is 7.60. The zero-order valence-corrected chi connectivity index (χ0v) is 11.7. The number of nitrogens with zero attached hydrogens (tertiary/aromatic N) is 2. The fourth-order valence-electron chi connectivity index (χ4n) is 1.40. The number of benzene rings is 1. The van der Waals surface area contributed by atoms with E-state index in [2.05, 4.69) is 20.5 Å². The first kappa shape index (κ1) is 13.9. The van der Waals surface area contributed by atoms with Gasteiger partial charge in [0.2, 0.25) is 5.91 Å². The highest BCUT2D eigenvalue weighted by Crippen LogP contribution is 2.26. The van der Waals surface area contributed by atoms with E-state index in [9.17, 15) is 4.79 Å². The average Bonchev–Trinajstić information content (AvgIpc) is 2.92. The molecule has 7 heteroatoms. The van der Waals surface area contributed by atoms with Crippen LogP contribution in [0.4, 0.5) is 0 Å². The van der Waals surface area contributed by atoms with Crippen molar-refractivity contribution in [2.45, 2.75) is 17.9 Å². The fraction of sp³-hybridized carbons (Fsp3) is 0.250. The molecular formula is C12H13ClN4OS. The van der Waals surface area contributed by atoms with E-state index in [4.69, 9.17) is 11.6 Å². The number of aromatic amines is 1. The number of H-pyrrole nitrogens is 1. The Hall–Kier alpha value is -1.53. The molecule has 0 fully saturated rings. The number of halogens is 1. The summed E-state index contributed by atoms with van der Waals surface area (Å²) in [6.45, 7) is 0.371. The third-order valence-corrected chi connectivity index (χ3v) is 3.86. The van der Waals surface area contributed by atoms with Gasteiger partial charge >= 0.3 is 0 Å². The van der Waals surface area contributed by atoms with Crippen LogP contribution in [-0.2, 0) is 11.3 Å². The highest BCUT2D eigenvalue weighted by atomic mass is 35.5. The number of aromatic nitrogens is 3. The standard InChI is InChI=1S/C12H13ClN4OS/c13-9-3-1-2-4-10(9)19-6-5-12(18)14-7-11-15-8-16-17-11/h1-4,8H,5-7H2,(H,14,18)(H,15,16,17). The van der Waals surface area contributed by atoms with Gasteiger partial charge < -0.3 is 5.32 Å². The molecule has 0 atom stereocenters. The number of carbonyl (C=O) groups is 1. The predicted molar refractivity (Wildman–Crippen MR) is 75.0 cm³/mol. The SMILES string of the molecule is O=C(CCSc1ccccc1Cl)NCc1ncn[nH]1. The van der Waals surface area contributed by atoms with Crippen LogP contribution < -0.4 is 5.32 Å². The Labute approximate surface area is 120 Å². The second-order valence-corrected chi connectivity index (χ2v) is 5.28. The molecule has 2 N–H and O–H groups in total. The molecule has 2 aromatic rings. The van der Waals surface area contributed by atoms with E-state index >= 15 is 0 Å². The zero-order valence-electron chi connectivity index (χ0n) is 10.1. The van der Waals surface area contributed by atoms with Gasteiger partial charge in [-0.1, -0.05) is 23.7 Å². The summed E-state index contributed by atoms with van der Waals surface area (Å²) in [4.78, 5) is 16.5. The number of thioether (sulfide) groups is 1. The lowest BCUT2D eigenvalue weighted by Gasteiger charge is -2.04. The van der Waals surface area contributed by atoms with E-state index in [1.807, 2.05) is 24.3 Å². The quantitative estimate of drug-likeness (QED) is 0.802. The van der Waals surface area contributed by atoms with Crippen molar-refractivity contribution in [1.82, 2.24) is 20.5 Å². The van der Waals surface area contributed by atoms with Crippen LogP contribution in [0.25, 0.3) is 0 Å². The summed E-state index contributed by atoms with van der Waals surface area (Å²) in [7, 11) is 0. The van der Waals surface area contributed by atoms with Crippen molar-refractivity contribution in [2.75, 3.05) is 5.75 Å². The van der Waals surface area contributed by atoms with E-state index in [1.165, 1.54) is 6.33 Å². The molecule has 0 unspecified atom stereocenters. The Bertz CT molecular complexity index is 532. The minimum atomic E-state index is -0.0176. The molecule has 1 aromatic carbocycles. The van der Waals surface area contributed by atoms with Crippen LogP contribution in [-0.4, -0.2) is 26.8 Å². The Morgan fingerprint density at radius 3 is 3.00 bits per heavy atom. The van der Waals surface area contributed by atoms with Crippen LogP contribution in [0.5, 0.6) is 0 Å². The van der Waals surface area contributed by atoms with Gasteiger partial charge in [-0.2, -0.15) is 5.10 Å². The molecule has 2 rings (SSSR count). The van der Waals surface area contributed by atoms with Gasteiger partial charge in [0.1, 0.15) is 12.2 Å². The number of nitrogens with one attached hydrogen (secondary N) is 2. The summed E-state index contributed by atoms with van der Waals surface area (Å²) >= 11 is 7.60. The smallest absolute Gasteiger partial charge is 0.221 e. The molecule has 100 valence electrons. The molecule has 0 saturated carbocycles.